The number of rotatable bonds is 4. The molecule has 0 spiro atoms. The van der Waals surface area contributed by atoms with Crippen LogP contribution < -0.4 is 9.47 Å². The van der Waals surface area contributed by atoms with Gasteiger partial charge < -0.3 is 19.7 Å². The highest BCUT2D eigenvalue weighted by molar-refractivity contribution is 6.32. The molecule has 10 heteroatoms. The number of benzene rings is 1. The summed E-state index contributed by atoms with van der Waals surface area (Å²) in [7, 11) is 1.39. The summed E-state index contributed by atoms with van der Waals surface area (Å²) in [5, 5.41) is 16.2. The lowest BCUT2D eigenvalue weighted by atomic mass is 10.2. The SMILES string of the molecule is CCOc1cc(OC)c(C(=O)O)cc1Cl.O=C(O)C(F)(F)F. The third-order valence-electron chi connectivity index (χ3n) is 2.03. The molecule has 22 heavy (non-hydrogen) atoms. The molecule has 2 N–H and O–H groups in total. The van der Waals surface area contributed by atoms with Crippen molar-refractivity contribution in [3.8, 4) is 11.5 Å². The molecule has 0 aliphatic rings. The fraction of sp³-hybridized carbons (Fsp3) is 0.333. The molecule has 0 aromatic heterocycles. The van der Waals surface area contributed by atoms with Crippen LogP contribution in [-0.4, -0.2) is 42.0 Å². The molecule has 0 atom stereocenters. The number of carbonyl (C=O) groups is 2. The Hall–Kier alpha value is -2.16. The quantitative estimate of drug-likeness (QED) is 0.872. The maximum Gasteiger partial charge on any atom is 0.490 e. The van der Waals surface area contributed by atoms with Gasteiger partial charge >= 0.3 is 18.1 Å². The van der Waals surface area contributed by atoms with E-state index >= 15 is 0 Å². The lowest BCUT2D eigenvalue weighted by Crippen LogP contribution is -2.21. The Kier molecular flexibility index (Phi) is 7.51. The Morgan fingerprint density at radius 2 is 1.73 bits per heavy atom. The fourth-order valence-electron chi connectivity index (χ4n) is 1.14. The highest BCUT2D eigenvalue weighted by atomic mass is 35.5. The summed E-state index contributed by atoms with van der Waals surface area (Å²) in [4.78, 5) is 19.7. The molecular formula is C12H12ClF3O6. The van der Waals surface area contributed by atoms with Crippen molar-refractivity contribution in [3.63, 3.8) is 0 Å². The van der Waals surface area contributed by atoms with Gasteiger partial charge in [0.15, 0.2) is 0 Å². The van der Waals surface area contributed by atoms with Gasteiger partial charge in [0.2, 0.25) is 0 Å². The first-order valence-corrected chi connectivity index (χ1v) is 5.96. The molecule has 0 radical (unpaired) electrons. The van der Waals surface area contributed by atoms with Gasteiger partial charge in [-0.1, -0.05) is 11.6 Å². The van der Waals surface area contributed by atoms with E-state index in [0.717, 1.165) is 0 Å². The topological polar surface area (TPSA) is 93.1 Å². The zero-order valence-corrected chi connectivity index (χ0v) is 12.2. The van der Waals surface area contributed by atoms with Crippen molar-refractivity contribution < 1.29 is 42.4 Å². The van der Waals surface area contributed by atoms with Crippen LogP contribution >= 0.6 is 11.6 Å². The van der Waals surface area contributed by atoms with Crippen LogP contribution in [0.1, 0.15) is 17.3 Å². The first-order valence-electron chi connectivity index (χ1n) is 5.58. The van der Waals surface area contributed by atoms with Crippen LogP contribution in [0.2, 0.25) is 5.02 Å². The molecule has 1 rings (SSSR count). The van der Waals surface area contributed by atoms with Gasteiger partial charge in [0.25, 0.3) is 0 Å². The fourth-order valence-corrected chi connectivity index (χ4v) is 1.36. The zero-order valence-electron chi connectivity index (χ0n) is 11.4. The molecule has 0 saturated carbocycles. The predicted molar refractivity (Wildman–Crippen MR) is 69.8 cm³/mol. The van der Waals surface area contributed by atoms with Crippen molar-refractivity contribution in [3.05, 3.63) is 22.7 Å². The van der Waals surface area contributed by atoms with Gasteiger partial charge in [-0.3, -0.25) is 0 Å². The number of carboxylic acid groups (broad SMARTS) is 2. The summed E-state index contributed by atoms with van der Waals surface area (Å²) in [6.07, 6.45) is -5.08. The maximum atomic E-state index is 10.8. The smallest absolute Gasteiger partial charge is 0.490 e. The molecule has 0 unspecified atom stereocenters. The largest absolute Gasteiger partial charge is 0.496 e. The number of aliphatic carboxylic acids is 1. The number of ether oxygens (including phenoxy) is 2. The summed E-state index contributed by atoms with van der Waals surface area (Å²) < 4.78 is 41.9. The third-order valence-corrected chi connectivity index (χ3v) is 2.32. The highest BCUT2D eigenvalue weighted by Gasteiger charge is 2.38. The summed E-state index contributed by atoms with van der Waals surface area (Å²) >= 11 is 5.84. The number of alkyl halides is 3. The van der Waals surface area contributed by atoms with Gasteiger partial charge in [0.1, 0.15) is 17.1 Å². The van der Waals surface area contributed by atoms with Crippen LogP contribution in [0.25, 0.3) is 0 Å². The van der Waals surface area contributed by atoms with E-state index in [9.17, 15) is 18.0 Å². The highest BCUT2D eigenvalue weighted by Crippen LogP contribution is 2.32. The molecule has 1 aromatic rings. The Balaban J connectivity index is 0.000000534. The van der Waals surface area contributed by atoms with Crippen molar-refractivity contribution in [1.82, 2.24) is 0 Å². The third kappa shape index (κ3) is 6.08. The van der Waals surface area contributed by atoms with Crippen LogP contribution in [0.15, 0.2) is 12.1 Å². The van der Waals surface area contributed by atoms with Crippen molar-refractivity contribution in [2.45, 2.75) is 13.1 Å². The lowest BCUT2D eigenvalue weighted by Gasteiger charge is -2.10. The zero-order chi connectivity index (χ0) is 17.5. The molecule has 0 amide bonds. The number of carboxylic acids is 2. The minimum Gasteiger partial charge on any atom is -0.496 e. The van der Waals surface area contributed by atoms with Crippen molar-refractivity contribution >= 4 is 23.5 Å². The van der Waals surface area contributed by atoms with Crippen LogP contribution in [-0.2, 0) is 4.79 Å². The minimum absolute atomic E-state index is 0.0194. The van der Waals surface area contributed by atoms with E-state index in [1.165, 1.54) is 19.2 Å². The standard InChI is InChI=1S/C10H11ClO4.C2HF3O2/c1-3-15-9-5-8(14-2)6(10(12)13)4-7(9)11;3-2(4,5)1(6)7/h4-5H,3H2,1-2H3,(H,12,13);(H,6,7). The van der Waals surface area contributed by atoms with Gasteiger partial charge in [-0.05, 0) is 13.0 Å². The van der Waals surface area contributed by atoms with E-state index in [1.807, 2.05) is 6.92 Å². The summed E-state index contributed by atoms with van der Waals surface area (Å²) in [5.74, 6) is -3.19. The number of hydrogen-bond acceptors (Lipinski definition) is 4. The monoisotopic (exact) mass is 344 g/mol. The molecule has 0 aliphatic heterocycles. The van der Waals surface area contributed by atoms with Gasteiger partial charge in [-0.15, -0.1) is 0 Å². The van der Waals surface area contributed by atoms with Gasteiger partial charge in [0.05, 0.1) is 18.7 Å². The van der Waals surface area contributed by atoms with Gasteiger partial charge in [-0.2, -0.15) is 13.2 Å². The molecule has 6 nitrogen and oxygen atoms in total. The number of methoxy groups -OCH3 is 1. The van der Waals surface area contributed by atoms with E-state index < -0.39 is 18.1 Å². The van der Waals surface area contributed by atoms with E-state index in [1.54, 1.807) is 0 Å². The Morgan fingerprint density at radius 1 is 1.23 bits per heavy atom. The molecule has 124 valence electrons. The Morgan fingerprint density at radius 3 is 2.05 bits per heavy atom. The Labute approximate surface area is 128 Å². The average molecular weight is 345 g/mol. The second-order valence-corrected chi connectivity index (χ2v) is 3.93. The number of aromatic carboxylic acids is 1. The van der Waals surface area contributed by atoms with Crippen LogP contribution in [0.4, 0.5) is 13.2 Å². The molecule has 0 bridgehead atoms. The van der Waals surface area contributed by atoms with Crippen molar-refractivity contribution in [1.29, 1.82) is 0 Å². The summed E-state index contributed by atoms with van der Waals surface area (Å²) in [5.41, 5.74) is 0.0194. The van der Waals surface area contributed by atoms with Crippen LogP contribution in [0, 0.1) is 0 Å². The maximum absolute atomic E-state index is 10.8. The molecule has 0 saturated heterocycles. The first-order chi connectivity index (χ1) is 10.0. The average Bonchev–Trinajstić information content (AvgIpc) is 2.40. The summed E-state index contributed by atoms with van der Waals surface area (Å²) in [6.45, 7) is 2.27. The van der Waals surface area contributed by atoms with E-state index in [0.29, 0.717) is 12.4 Å². The predicted octanol–water partition coefficient (Wildman–Crippen LogP) is 3.08. The first kappa shape index (κ1) is 19.8. The van der Waals surface area contributed by atoms with E-state index in [-0.39, 0.29) is 16.3 Å². The second kappa shape index (κ2) is 8.32. The lowest BCUT2D eigenvalue weighted by molar-refractivity contribution is -0.192. The molecule has 0 fully saturated rings. The molecular weight excluding hydrogens is 333 g/mol. The van der Waals surface area contributed by atoms with Crippen molar-refractivity contribution in [2.24, 2.45) is 0 Å². The molecule has 0 heterocycles. The van der Waals surface area contributed by atoms with Gasteiger partial charge in [-0.25, -0.2) is 9.59 Å². The molecule has 0 aliphatic carbocycles. The second-order valence-electron chi connectivity index (χ2n) is 3.52. The Bertz CT molecular complexity index is 544. The van der Waals surface area contributed by atoms with E-state index in [4.69, 9.17) is 36.1 Å². The number of hydrogen-bond donors (Lipinski definition) is 2. The molecule has 1 aromatic carbocycles. The van der Waals surface area contributed by atoms with Gasteiger partial charge in [0, 0.05) is 6.07 Å². The summed E-state index contributed by atoms with van der Waals surface area (Å²) in [6, 6.07) is 2.78. The minimum atomic E-state index is -5.08. The normalized spacial score (nSPS) is 10.3. The van der Waals surface area contributed by atoms with Crippen LogP contribution in [0.5, 0.6) is 11.5 Å². The van der Waals surface area contributed by atoms with E-state index in [2.05, 4.69) is 0 Å². The van der Waals surface area contributed by atoms with Crippen molar-refractivity contribution in [2.75, 3.05) is 13.7 Å². The number of halogens is 4. The van der Waals surface area contributed by atoms with Crippen LogP contribution in [0.3, 0.4) is 0 Å².